The summed E-state index contributed by atoms with van der Waals surface area (Å²) in [4.78, 5) is 9.63. The van der Waals surface area contributed by atoms with Crippen LogP contribution in [0, 0.1) is 11.6 Å². The fourth-order valence-electron chi connectivity index (χ4n) is 0.935. The number of nitrogens with two attached hydrogens (primary N) is 1. The minimum absolute atomic E-state index is 0.185. The minimum atomic E-state index is -4.83. The SMILES string of the molecule is NC(=O)c1cc(F)c(F)cc1S(=O)(=O)O. The molecule has 0 saturated carbocycles. The van der Waals surface area contributed by atoms with Crippen LogP contribution in [0.4, 0.5) is 8.78 Å². The van der Waals surface area contributed by atoms with Crippen molar-refractivity contribution in [2.24, 2.45) is 5.73 Å². The van der Waals surface area contributed by atoms with Crippen molar-refractivity contribution in [3.8, 4) is 0 Å². The molecule has 0 fully saturated rings. The molecule has 15 heavy (non-hydrogen) atoms. The van der Waals surface area contributed by atoms with Crippen LogP contribution in [0.25, 0.3) is 0 Å². The lowest BCUT2D eigenvalue weighted by Crippen LogP contribution is -2.17. The molecule has 1 amide bonds. The Morgan fingerprint density at radius 3 is 2.13 bits per heavy atom. The molecule has 3 N–H and O–H groups in total. The standard InChI is InChI=1S/C7H5F2NO4S/c8-4-1-3(7(10)11)6(2-5(4)9)15(12,13)14/h1-2H,(H2,10,11)(H,12,13,14). The summed E-state index contributed by atoms with van der Waals surface area (Å²) in [6.07, 6.45) is 0. The maximum Gasteiger partial charge on any atom is 0.295 e. The van der Waals surface area contributed by atoms with Crippen LogP contribution in [-0.4, -0.2) is 18.9 Å². The van der Waals surface area contributed by atoms with E-state index >= 15 is 0 Å². The Hall–Kier alpha value is -1.54. The van der Waals surface area contributed by atoms with Crippen molar-refractivity contribution in [1.82, 2.24) is 0 Å². The molecule has 0 unspecified atom stereocenters. The first kappa shape index (κ1) is 11.5. The molecule has 1 rings (SSSR count). The number of hydrogen-bond donors (Lipinski definition) is 2. The molecule has 0 spiro atoms. The molecule has 1 aromatic carbocycles. The van der Waals surface area contributed by atoms with Crippen LogP contribution >= 0.6 is 0 Å². The normalized spacial score (nSPS) is 11.4. The monoisotopic (exact) mass is 237 g/mol. The zero-order valence-electron chi connectivity index (χ0n) is 7.07. The van der Waals surface area contributed by atoms with E-state index in [1.807, 2.05) is 0 Å². The summed E-state index contributed by atoms with van der Waals surface area (Å²) in [6, 6.07) is 0.492. The van der Waals surface area contributed by atoms with Gasteiger partial charge in [0.1, 0.15) is 4.90 Å². The van der Waals surface area contributed by atoms with Gasteiger partial charge in [0.05, 0.1) is 5.56 Å². The average molecular weight is 237 g/mol. The first-order chi connectivity index (χ1) is 6.73. The molecule has 0 saturated heterocycles. The average Bonchev–Trinajstić information content (AvgIpc) is 2.06. The highest BCUT2D eigenvalue weighted by Crippen LogP contribution is 2.19. The van der Waals surface area contributed by atoms with Gasteiger partial charge in [0, 0.05) is 0 Å². The molecule has 0 aliphatic rings. The number of amides is 1. The number of carbonyl (C=O) groups is 1. The predicted octanol–water partition coefficient (Wildman–Crippen LogP) is 0.310. The van der Waals surface area contributed by atoms with E-state index in [0.29, 0.717) is 6.07 Å². The molecule has 0 aromatic heterocycles. The number of primary amides is 1. The van der Waals surface area contributed by atoms with Crippen LogP contribution in [0.1, 0.15) is 10.4 Å². The third kappa shape index (κ3) is 2.28. The Bertz CT molecular complexity index is 526. The molecule has 0 heterocycles. The molecule has 0 aliphatic carbocycles. The van der Waals surface area contributed by atoms with Gasteiger partial charge in [-0.2, -0.15) is 8.42 Å². The van der Waals surface area contributed by atoms with Crippen molar-refractivity contribution in [2.75, 3.05) is 0 Å². The van der Waals surface area contributed by atoms with Gasteiger partial charge in [-0.15, -0.1) is 0 Å². The lowest BCUT2D eigenvalue weighted by molar-refractivity contribution is 0.0996. The van der Waals surface area contributed by atoms with Gasteiger partial charge in [0.25, 0.3) is 10.1 Å². The van der Waals surface area contributed by atoms with E-state index in [-0.39, 0.29) is 6.07 Å². The Morgan fingerprint density at radius 2 is 1.73 bits per heavy atom. The van der Waals surface area contributed by atoms with Crippen LogP contribution in [0.15, 0.2) is 17.0 Å². The van der Waals surface area contributed by atoms with Crippen LogP contribution in [0.3, 0.4) is 0 Å². The van der Waals surface area contributed by atoms with Gasteiger partial charge >= 0.3 is 0 Å². The lowest BCUT2D eigenvalue weighted by Gasteiger charge is -2.04. The summed E-state index contributed by atoms with van der Waals surface area (Å²) in [6.45, 7) is 0. The van der Waals surface area contributed by atoms with E-state index in [2.05, 4.69) is 0 Å². The summed E-state index contributed by atoms with van der Waals surface area (Å²) < 4.78 is 55.3. The number of halogens is 2. The molecule has 82 valence electrons. The van der Waals surface area contributed by atoms with E-state index < -0.39 is 38.1 Å². The second-order valence-corrected chi connectivity index (χ2v) is 3.99. The van der Waals surface area contributed by atoms with Gasteiger partial charge in [0.15, 0.2) is 11.6 Å². The Balaban J connectivity index is 3.64. The highest BCUT2D eigenvalue weighted by molar-refractivity contribution is 7.86. The highest BCUT2D eigenvalue weighted by atomic mass is 32.2. The first-order valence-electron chi connectivity index (χ1n) is 3.50. The van der Waals surface area contributed by atoms with Crippen LogP contribution in [0.2, 0.25) is 0 Å². The van der Waals surface area contributed by atoms with E-state index in [0.717, 1.165) is 0 Å². The molecule has 5 nitrogen and oxygen atoms in total. The molecule has 1 aromatic rings. The minimum Gasteiger partial charge on any atom is -0.366 e. The van der Waals surface area contributed by atoms with E-state index in [9.17, 15) is 22.0 Å². The molecular weight excluding hydrogens is 232 g/mol. The van der Waals surface area contributed by atoms with E-state index in [1.165, 1.54) is 0 Å². The Morgan fingerprint density at radius 1 is 1.27 bits per heavy atom. The summed E-state index contributed by atoms with van der Waals surface area (Å²) in [5, 5.41) is 0. The zero-order valence-corrected chi connectivity index (χ0v) is 7.88. The number of rotatable bonds is 2. The van der Waals surface area contributed by atoms with Gasteiger partial charge in [-0.05, 0) is 12.1 Å². The second-order valence-electron chi connectivity index (χ2n) is 2.60. The fraction of sp³-hybridized carbons (Fsp3) is 0. The maximum absolute atomic E-state index is 12.7. The molecule has 0 aliphatic heterocycles. The first-order valence-corrected chi connectivity index (χ1v) is 4.94. The quantitative estimate of drug-likeness (QED) is 0.723. The number of benzene rings is 1. The molecule has 0 atom stereocenters. The zero-order chi connectivity index (χ0) is 11.8. The lowest BCUT2D eigenvalue weighted by atomic mass is 10.2. The number of hydrogen-bond acceptors (Lipinski definition) is 3. The highest BCUT2D eigenvalue weighted by Gasteiger charge is 2.22. The van der Waals surface area contributed by atoms with Crippen LogP contribution in [0.5, 0.6) is 0 Å². The van der Waals surface area contributed by atoms with Gasteiger partial charge in [0.2, 0.25) is 5.91 Å². The summed E-state index contributed by atoms with van der Waals surface area (Å²) in [5.41, 5.74) is 3.92. The summed E-state index contributed by atoms with van der Waals surface area (Å²) >= 11 is 0. The van der Waals surface area contributed by atoms with Crippen molar-refractivity contribution in [3.05, 3.63) is 29.3 Å². The van der Waals surface area contributed by atoms with Gasteiger partial charge in [-0.3, -0.25) is 9.35 Å². The summed E-state index contributed by atoms with van der Waals surface area (Å²) in [7, 11) is -4.83. The predicted molar refractivity (Wildman–Crippen MR) is 44.7 cm³/mol. The van der Waals surface area contributed by atoms with Crippen molar-refractivity contribution >= 4 is 16.0 Å². The molecular formula is C7H5F2NO4S. The van der Waals surface area contributed by atoms with Gasteiger partial charge < -0.3 is 5.73 Å². The van der Waals surface area contributed by atoms with Crippen molar-refractivity contribution < 1.29 is 26.5 Å². The Kier molecular flexibility index (Phi) is 2.73. The molecule has 0 radical (unpaired) electrons. The third-order valence-corrected chi connectivity index (χ3v) is 2.46. The smallest absolute Gasteiger partial charge is 0.295 e. The maximum atomic E-state index is 12.7. The molecule has 0 bridgehead atoms. The van der Waals surface area contributed by atoms with Gasteiger partial charge in [-0.25, -0.2) is 8.78 Å². The topological polar surface area (TPSA) is 97.5 Å². The van der Waals surface area contributed by atoms with E-state index in [1.54, 1.807) is 0 Å². The van der Waals surface area contributed by atoms with Crippen LogP contribution in [-0.2, 0) is 10.1 Å². The van der Waals surface area contributed by atoms with E-state index in [4.69, 9.17) is 10.3 Å². The fourth-order valence-corrected chi connectivity index (χ4v) is 1.62. The largest absolute Gasteiger partial charge is 0.366 e. The number of carbonyl (C=O) groups excluding carboxylic acids is 1. The molecule has 8 heteroatoms. The second kappa shape index (κ2) is 3.55. The Labute approximate surface area is 83.3 Å². The van der Waals surface area contributed by atoms with Crippen molar-refractivity contribution in [2.45, 2.75) is 4.90 Å². The van der Waals surface area contributed by atoms with Gasteiger partial charge in [-0.1, -0.05) is 0 Å². The van der Waals surface area contributed by atoms with Crippen LogP contribution < -0.4 is 5.73 Å². The van der Waals surface area contributed by atoms with Crippen molar-refractivity contribution in [1.29, 1.82) is 0 Å². The third-order valence-electron chi connectivity index (χ3n) is 1.57. The summed E-state index contributed by atoms with van der Waals surface area (Å²) in [5.74, 6) is -4.23. The van der Waals surface area contributed by atoms with Crippen molar-refractivity contribution in [3.63, 3.8) is 0 Å².